The number of carbonyl (C=O) groups excluding carboxylic acids is 1. The van der Waals surface area contributed by atoms with Gasteiger partial charge in [-0.2, -0.15) is 0 Å². The minimum Gasteiger partial charge on any atom is -0.493 e. The molecule has 0 N–H and O–H groups in total. The number of benzene rings is 1. The van der Waals surface area contributed by atoms with E-state index in [-0.39, 0.29) is 5.56 Å². The third kappa shape index (κ3) is 4.05. The maximum Gasteiger partial charge on any atom is 0.341 e. The largest absolute Gasteiger partial charge is 0.493 e. The van der Waals surface area contributed by atoms with E-state index in [2.05, 4.69) is 0 Å². The summed E-state index contributed by atoms with van der Waals surface area (Å²) in [5.41, 5.74) is 0.347. The molecule has 142 valence electrons. The summed E-state index contributed by atoms with van der Waals surface area (Å²) in [7, 11) is 0. The number of halogens is 1. The molecule has 1 aromatic carbocycles. The Bertz CT molecular complexity index is 702. The number of esters is 1. The van der Waals surface area contributed by atoms with Crippen LogP contribution in [0.2, 0.25) is 0 Å². The van der Waals surface area contributed by atoms with Crippen molar-refractivity contribution in [2.45, 2.75) is 70.8 Å². The molecule has 0 spiro atoms. The Hall–Kier alpha value is -1.58. The van der Waals surface area contributed by atoms with Crippen LogP contribution in [0.15, 0.2) is 12.1 Å². The van der Waals surface area contributed by atoms with Crippen molar-refractivity contribution in [1.82, 2.24) is 0 Å². The first-order valence-electron chi connectivity index (χ1n) is 10.00. The van der Waals surface area contributed by atoms with E-state index in [1.165, 1.54) is 31.7 Å². The van der Waals surface area contributed by atoms with Crippen molar-refractivity contribution in [3.63, 3.8) is 0 Å². The quantitative estimate of drug-likeness (QED) is 0.653. The van der Waals surface area contributed by atoms with Gasteiger partial charge in [0, 0.05) is 6.07 Å². The van der Waals surface area contributed by atoms with Gasteiger partial charge in [-0.05, 0) is 94.6 Å². The summed E-state index contributed by atoms with van der Waals surface area (Å²) in [6.45, 7) is 6.03. The van der Waals surface area contributed by atoms with E-state index in [9.17, 15) is 9.18 Å². The van der Waals surface area contributed by atoms with E-state index < -0.39 is 17.4 Å². The topological polar surface area (TPSA) is 35.5 Å². The van der Waals surface area contributed by atoms with E-state index in [4.69, 9.17) is 9.47 Å². The van der Waals surface area contributed by atoms with E-state index in [1.54, 1.807) is 26.8 Å². The Balaban J connectivity index is 1.49. The van der Waals surface area contributed by atoms with Crippen molar-refractivity contribution in [3.8, 4) is 5.75 Å². The summed E-state index contributed by atoms with van der Waals surface area (Å²) in [5.74, 6) is 2.31. The third-order valence-corrected chi connectivity index (χ3v) is 5.86. The van der Waals surface area contributed by atoms with Gasteiger partial charge in [-0.3, -0.25) is 0 Å². The monoisotopic (exact) mass is 360 g/mol. The first kappa shape index (κ1) is 17.8. The van der Waals surface area contributed by atoms with Gasteiger partial charge in [0.2, 0.25) is 0 Å². The second-order valence-electron chi connectivity index (χ2n) is 9.39. The minimum atomic E-state index is -0.639. The molecule has 0 aromatic heterocycles. The fourth-order valence-corrected chi connectivity index (χ4v) is 4.21. The van der Waals surface area contributed by atoms with Gasteiger partial charge < -0.3 is 9.47 Å². The number of ether oxygens (including phenoxy) is 2. The van der Waals surface area contributed by atoms with Crippen molar-refractivity contribution in [2.24, 2.45) is 17.8 Å². The van der Waals surface area contributed by atoms with Crippen molar-refractivity contribution < 1.29 is 18.7 Å². The van der Waals surface area contributed by atoms with Crippen molar-refractivity contribution in [2.75, 3.05) is 6.61 Å². The van der Waals surface area contributed by atoms with Crippen LogP contribution >= 0.6 is 0 Å². The van der Waals surface area contributed by atoms with E-state index in [0.29, 0.717) is 24.2 Å². The summed E-state index contributed by atoms with van der Waals surface area (Å²) in [6, 6.07) is 3.06. The predicted octanol–water partition coefficient (Wildman–Crippen LogP) is 5.47. The van der Waals surface area contributed by atoms with Crippen molar-refractivity contribution in [3.05, 3.63) is 29.1 Å². The maximum absolute atomic E-state index is 14.6. The maximum atomic E-state index is 14.6. The van der Waals surface area contributed by atoms with Crippen molar-refractivity contribution in [1.29, 1.82) is 0 Å². The number of carbonyl (C=O) groups is 1. The number of hydrogen-bond donors (Lipinski definition) is 0. The van der Waals surface area contributed by atoms with E-state index in [0.717, 1.165) is 30.2 Å². The second-order valence-corrected chi connectivity index (χ2v) is 9.39. The zero-order valence-electron chi connectivity index (χ0n) is 16.0. The highest BCUT2D eigenvalue weighted by molar-refractivity contribution is 5.90. The molecule has 3 aliphatic carbocycles. The van der Waals surface area contributed by atoms with Crippen LogP contribution in [0.4, 0.5) is 4.39 Å². The van der Waals surface area contributed by atoms with Crippen molar-refractivity contribution >= 4 is 5.97 Å². The highest BCUT2D eigenvalue weighted by Gasteiger charge is 2.42. The normalized spacial score (nSPS) is 27.6. The van der Waals surface area contributed by atoms with Crippen LogP contribution in [0.3, 0.4) is 0 Å². The second kappa shape index (κ2) is 6.54. The zero-order valence-corrected chi connectivity index (χ0v) is 16.0. The summed E-state index contributed by atoms with van der Waals surface area (Å²) in [5, 5.41) is 0. The molecule has 4 heteroatoms. The van der Waals surface area contributed by atoms with E-state index in [1.807, 2.05) is 0 Å². The Morgan fingerprint density at radius 3 is 2.54 bits per heavy atom. The fourth-order valence-electron chi connectivity index (χ4n) is 4.21. The number of hydrogen-bond acceptors (Lipinski definition) is 3. The average Bonchev–Trinajstić information content (AvgIpc) is 3.43. The molecule has 0 radical (unpaired) electrons. The van der Waals surface area contributed by atoms with Crippen LogP contribution in [0.1, 0.15) is 81.1 Å². The van der Waals surface area contributed by atoms with Gasteiger partial charge in [-0.25, -0.2) is 9.18 Å². The Morgan fingerprint density at radius 1 is 1.12 bits per heavy atom. The molecule has 0 saturated heterocycles. The molecular weight excluding hydrogens is 331 g/mol. The summed E-state index contributed by atoms with van der Waals surface area (Å²) in [6.07, 6.45) is 7.33. The van der Waals surface area contributed by atoms with Gasteiger partial charge in [0.15, 0.2) is 0 Å². The molecular formula is C22H29FO3. The van der Waals surface area contributed by atoms with Crippen LogP contribution in [0, 0.1) is 23.6 Å². The highest BCUT2D eigenvalue weighted by atomic mass is 19.1. The molecule has 3 nitrogen and oxygen atoms in total. The lowest BCUT2D eigenvalue weighted by Gasteiger charge is -2.23. The predicted molar refractivity (Wildman–Crippen MR) is 98.0 cm³/mol. The molecule has 3 fully saturated rings. The van der Waals surface area contributed by atoms with E-state index >= 15 is 0 Å². The van der Waals surface area contributed by atoms with Gasteiger partial charge in [0.05, 0.1) is 12.2 Å². The lowest BCUT2D eigenvalue weighted by molar-refractivity contribution is 0.00645. The molecule has 3 aliphatic rings. The first-order valence-corrected chi connectivity index (χ1v) is 10.00. The standard InChI is InChI=1S/C22H29FO3/c1-22(2,3)26-21(24)18-10-17(14-6-7-14)20(11-19(18)23)25-12-13-4-5-15-9-16(15)8-13/h10-11,13-16H,4-9,12H2,1-3H3. The van der Waals surface area contributed by atoms with Gasteiger partial charge in [0.1, 0.15) is 17.2 Å². The summed E-state index contributed by atoms with van der Waals surface area (Å²) in [4.78, 5) is 12.3. The first-order chi connectivity index (χ1) is 12.3. The number of fused-ring (bicyclic) bond motifs is 1. The summed E-state index contributed by atoms with van der Waals surface area (Å²) < 4.78 is 26.0. The lowest BCUT2D eigenvalue weighted by Crippen LogP contribution is -2.24. The molecule has 1 aromatic rings. The smallest absolute Gasteiger partial charge is 0.341 e. The van der Waals surface area contributed by atoms with Crippen LogP contribution in [-0.4, -0.2) is 18.2 Å². The molecule has 4 rings (SSSR count). The molecule has 0 aliphatic heterocycles. The highest BCUT2D eigenvalue weighted by Crippen LogP contribution is 2.51. The molecule has 3 saturated carbocycles. The molecule has 0 amide bonds. The van der Waals surface area contributed by atoms with Gasteiger partial charge in [-0.15, -0.1) is 0 Å². The Morgan fingerprint density at radius 2 is 1.88 bits per heavy atom. The minimum absolute atomic E-state index is 0.0210. The third-order valence-electron chi connectivity index (χ3n) is 5.86. The Kier molecular flexibility index (Phi) is 4.48. The SMILES string of the molecule is CC(C)(C)OC(=O)c1cc(C2CC2)c(OCC2CCC3CC3C2)cc1F. The Labute approximate surface area is 155 Å². The van der Waals surface area contributed by atoms with Crippen LogP contribution in [0.5, 0.6) is 5.75 Å². The summed E-state index contributed by atoms with van der Waals surface area (Å²) >= 11 is 0. The fraction of sp³-hybridized carbons (Fsp3) is 0.682. The lowest BCUT2D eigenvalue weighted by atomic mass is 9.90. The molecule has 26 heavy (non-hydrogen) atoms. The average molecular weight is 360 g/mol. The molecule has 3 unspecified atom stereocenters. The van der Waals surface area contributed by atoms with Gasteiger partial charge in [-0.1, -0.05) is 0 Å². The molecule has 0 bridgehead atoms. The molecule has 3 atom stereocenters. The van der Waals surface area contributed by atoms with Gasteiger partial charge in [0.25, 0.3) is 0 Å². The number of rotatable bonds is 5. The van der Waals surface area contributed by atoms with Gasteiger partial charge >= 0.3 is 5.97 Å². The molecule has 0 heterocycles. The van der Waals surface area contributed by atoms with Crippen LogP contribution < -0.4 is 4.74 Å². The van der Waals surface area contributed by atoms with Crippen LogP contribution in [-0.2, 0) is 4.74 Å². The zero-order chi connectivity index (χ0) is 18.5. The van der Waals surface area contributed by atoms with Crippen LogP contribution in [0.25, 0.3) is 0 Å².